The second-order valence-corrected chi connectivity index (χ2v) is 7.08. The standard InChI is InChI=1S/C13H18N2O2S/c14-8-11-3-1-2-4-13(11)18(16,17)15-9-10-5-6-12(15)7-10/h1-4,10,12H,5-9,14H2. The number of nitrogens with zero attached hydrogens (tertiary/aromatic N) is 1. The zero-order valence-electron chi connectivity index (χ0n) is 10.2. The van der Waals surface area contributed by atoms with E-state index in [0.717, 1.165) is 12.8 Å². The van der Waals surface area contributed by atoms with Crippen LogP contribution in [0.25, 0.3) is 0 Å². The van der Waals surface area contributed by atoms with E-state index in [0.29, 0.717) is 22.9 Å². The van der Waals surface area contributed by atoms with Gasteiger partial charge < -0.3 is 5.73 Å². The SMILES string of the molecule is NCc1ccccc1S(=O)(=O)N1CC2CCC1C2. The third kappa shape index (κ3) is 1.77. The molecule has 98 valence electrons. The highest BCUT2D eigenvalue weighted by molar-refractivity contribution is 7.89. The van der Waals surface area contributed by atoms with Crippen LogP contribution in [-0.2, 0) is 16.6 Å². The van der Waals surface area contributed by atoms with Crippen LogP contribution in [0.4, 0.5) is 0 Å². The lowest BCUT2D eigenvalue weighted by Gasteiger charge is -2.27. The van der Waals surface area contributed by atoms with E-state index in [9.17, 15) is 8.42 Å². The van der Waals surface area contributed by atoms with Crippen molar-refractivity contribution in [2.75, 3.05) is 6.54 Å². The molecular weight excluding hydrogens is 248 g/mol. The molecule has 0 aromatic heterocycles. The zero-order valence-corrected chi connectivity index (χ0v) is 11.1. The third-order valence-electron chi connectivity index (χ3n) is 4.14. The van der Waals surface area contributed by atoms with Crippen molar-refractivity contribution in [3.8, 4) is 0 Å². The number of nitrogens with two attached hydrogens (primary N) is 1. The second-order valence-electron chi connectivity index (χ2n) is 5.22. The van der Waals surface area contributed by atoms with Crippen molar-refractivity contribution in [2.45, 2.75) is 36.7 Å². The Hall–Kier alpha value is -0.910. The monoisotopic (exact) mass is 266 g/mol. The minimum Gasteiger partial charge on any atom is -0.326 e. The minimum absolute atomic E-state index is 0.214. The van der Waals surface area contributed by atoms with Gasteiger partial charge in [0.05, 0.1) is 4.90 Å². The lowest BCUT2D eigenvalue weighted by atomic mass is 10.1. The number of rotatable bonds is 3. The summed E-state index contributed by atoms with van der Waals surface area (Å²) in [5.41, 5.74) is 6.35. The van der Waals surface area contributed by atoms with E-state index in [2.05, 4.69) is 0 Å². The lowest BCUT2D eigenvalue weighted by molar-refractivity contribution is 0.333. The molecular formula is C13H18N2O2S. The molecule has 2 fully saturated rings. The summed E-state index contributed by atoms with van der Waals surface area (Å²) < 4.78 is 27.0. The minimum atomic E-state index is -3.36. The number of benzene rings is 1. The van der Waals surface area contributed by atoms with Crippen LogP contribution in [0.15, 0.2) is 29.2 Å². The van der Waals surface area contributed by atoms with Gasteiger partial charge in [-0.1, -0.05) is 18.2 Å². The molecule has 0 radical (unpaired) electrons. The molecule has 2 atom stereocenters. The van der Waals surface area contributed by atoms with Gasteiger partial charge in [0.1, 0.15) is 0 Å². The Morgan fingerprint density at radius 2 is 2.06 bits per heavy atom. The third-order valence-corrected chi connectivity index (χ3v) is 6.16. The van der Waals surface area contributed by atoms with Crippen LogP contribution in [0.3, 0.4) is 0 Å². The molecule has 2 bridgehead atoms. The van der Waals surface area contributed by atoms with Gasteiger partial charge in [-0.3, -0.25) is 0 Å². The van der Waals surface area contributed by atoms with E-state index in [1.807, 2.05) is 6.07 Å². The van der Waals surface area contributed by atoms with Crippen molar-refractivity contribution in [3.05, 3.63) is 29.8 Å². The van der Waals surface area contributed by atoms with Crippen LogP contribution in [0.1, 0.15) is 24.8 Å². The topological polar surface area (TPSA) is 63.4 Å². The quantitative estimate of drug-likeness (QED) is 0.897. The Balaban J connectivity index is 2.00. The van der Waals surface area contributed by atoms with Gasteiger partial charge in [-0.2, -0.15) is 4.31 Å². The summed E-state index contributed by atoms with van der Waals surface area (Å²) in [7, 11) is -3.36. The van der Waals surface area contributed by atoms with Crippen LogP contribution >= 0.6 is 0 Å². The molecule has 3 rings (SSSR count). The predicted octanol–water partition coefficient (Wildman–Crippen LogP) is 1.32. The maximum absolute atomic E-state index is 12.7. The average molecular weight is 266 g/mol. The average Bonchev–Trinajstić information content (AvgIpc) is 3.01. The van der Waals surface area contributed by atoms with Gasteiger partial charge in [0.25, 0.3) is 0 Å². The Morgan fingerprint density at radius 1 is 1.28 bits per heavy atom. The second kappa shape index (κ2) is 4.33. The van der Waals surface area contributed by atoms with Gasteiger partial charge in [-0.05, 0) is 36.8 Å². The fourth-order valence-electron chi connectivity index (χ4n) is 3.22. The normalized spacial score (nSPS) is 27.8. The number of fused-ring (bicyclic) bond motifs is 2. The Labute approximate surface area is 108 Å². The summed E-state index contributed by atoms with van der Waals surface area (Å²) in [6, 6.07) is 7.27. The molecule has 0 amide bonds. The molecule has 1 heterocycles. The molecule has 1 aromatic rings. The summed E-state index contributed by atoms with van der Waals surface area (Å²) in [6.45, 7) is 0.948. The maximum atomic E-state index is 12.7. The van der Waals surface area contributed by atoms with Gasteiger partial charge in [0, 0.05) is 19.1 Å². The molecule has 1 saturated carbocycles. The number of hydrogen-bond donors (Lipinski definition) is 1. The molecule has 1 aromatic carbocycles. The Morgan fingerprint density at radius 3 is 2.67 bits per heavy atom. The van der Waals surface area contributed by atoms with Crippen molar-refractivity contribution in [3.63, 3.8) is 0 Å². The summed E-state index contributed by atoms with van der Waals surface area (Å²) in [4.78, 5) is 0.389. The highest BCUT2D eigenvalue weighted by Gasteiger charge is 2.44. The summed E-state index contributed by atoms with van der Waals surface area (Å²) in [6.07, 6.45) is 3.22. The van der Waals surface area contributed by atoms with Crippen LogP contribution in [0, 0.1) is 5.92 Å². The van der Waals surface area contributed by atoms with Gasteiger partial charge in [-0.15, -0.1) is 0 Å². The van der Waals surface area contributed by atoms with E-state index in [1.165, 1.54) is 6.42 Å². The smallest absolute Gasteiger partial charge is 0.243 e. The molecule has 1 saturated heterocycles. The molecule has 4 nitrogen and oxygen atoms in total. The van der Waals surface area contributed by atoms with Gasteiger partial charge in [0.2, 0.25) is 10.0 Å². The van der Waals surface area contributed by atoms with Crippen molar-refractivity contribution < 1.29 is 8.42 Å². The molecule has 2 aliphatic rings. The Kier molecular flexibility index (Phi) is 2.92. The van der Waals surface area contributed by atoms with Gasteiger partial charge in [0.15, 0.2) is 0 Å². The molecule has 5 heteroatoms. The van der Waals surface area contributed by atoms with Gasteiger partial charge in [-0.25, -0.2) is 8.42 Å². The summed E-state index contributed by atoms with van der Waals surface area (Å²) >= 11 is 0. The number of hydrogen-bond acceptors (Lipinski definition) is 3. The molecule has 0 spiro atoms. The van der Waals surface area contributed by atoms with Crippen molar-refractivity contribution in [1.29, 1.82) is 0 Å². The number of piperidine rings is 1. The first kappa shape index (κ1) is 12.1. The summed E-state index contributed by atoms with van der Waals surface area (Å²) in [5.74, 6) is 0.565. The van der Waals surface area contributed by atoms with Crippen molar-refractivity contribution >= 4 is 10.0 Å². The molecule has 2 N–H and O–H groups in total. The Bertz CT molecular complexity index is 556. The van der Waals surface area contributed by atoms with Crippen LogP contribution in [-0.4, -0.2) is 25.3 Å². The highest BCUT2D eigenvalue weighted by atomic mass is 32.2. The molecule has 2 unspecified atom stereocenters. The fourth-order valence-corrected chi connectivity index (χ4v) is 5.20. The zero-order chi connectivity index (χ0) is 12.8. The van der Waals surface area contributed by atoms with E-state index in [1.54, 1.807) is 22.5 Å². The first-order chi connectivity index (χ1) is 8.63. The van der Waals surface area contributed by atoms with E-state index >= 15 is 0 Å². The number of sulfonamides is 1. The largest absolute Gasteiger partial charge is 0.326 e. The van der Waals surface area contributed by atoms with Crippen LogP contribution < -0.4 is 5.73 Å². The van der Waals surface area contributed by atoms with E-state index < -0.39 is 10.0 Å². The highest BCUT2D eigenvalue weighted by Crippen LogP contribution is 2.40. The van der Waals surface area contributed by atoms with Gasteiger partial charge >= 0.3 is 0 Å². The van der Waals surface area contributed by atoms with Crippen molar-refractivity contribution in [2.24, 2.45) is 11.7 Å². The first-order valence-electron chi connectivity index (χ1n) is 6.42. The predicted molar refractivity (Wildman–Crippen MR) is 69.4 cm³/mol. The van der Waals surface area contributed by atoms with E-state index in [4.69, 9.17) is 5.73 Å². The van der Waals surface area contributed by atoms with E-state index in [-0.39, 0.29) is 12.6 Å². The molecule has 18 heavy (non-hydrogen) atoms. The first-order valence-corrected chi connectivity index (χ1v) is 7.86. The molecule has 1 aliphatic carbocycles. The van der Waals surface area contributed by atoms with Crippen molar-refractivity contribution in [1.82, 2.24) is 4.31 Å². The van der Waals surface area contributed by atoms with Crippen LogP contribution in [0.5, 0.6) is 0 Å². The summed E-state index contributed by atoms with van der Waals surface area (Å²) in [5, 5.41) is 0. The fraction of sp³-hybridized carbons (Fsp3) is 0.538. The molecule has 1 aliphatic heterocycles. The van der Waals surface area contributed by atoms with Crippen LogP contribution in [0.2, 0.25) is 0 Å². The maximum Gasteiger partial charge on any atom is 0.243 e. The lowest BCUT2D eigenvalue weighted by Crippen LogP contribution is -2.38.